The van der Waals surface area contributed by atoms with Crippen molar-refractivity contribution in [3.05, 3.63) is 0 Å². The van der Waals surface area contributed by atoms with Gasteiger partial charge in [0.05, 0.1) is 37.1 Å². The van der Waals surface area contributed by atoms with Gasteiger partial charge in [-0.3, -0.25) is 0 Å². The first kappa shape index (κ1) is 28.3. The number of rotatable bonds is 7. The van der Waals surface area contributed by atoms with E-state index in [0.717, 1.165) is 44.9 Å². The maximum absolute atomic E-state index is 11.5. The molecule has 0 unspecified atom stereocenters. The highest BCUT2D eigenvalue weighted by Gasteiger charge is 2.84. The molecule has 2 spiro atoms. The summed E-state index contributed by atoms with van der Waals surface area (Å²) in [6.45, 7) is 12.5. The molecule has 0 amide bonds. The second kappa shape index (κ2) is 8.63. The first-order valence-electron chi connectivity index (χ1n) is 15.1. The molecule has 5 fully saturated rings. The van der Waals surface area contributed by atoms with E-state index in [0.29, 0.717) is 18.3 Å². The second-order valence-electron chi connectivity index (χ2n) is 15.5. The van der Waals surface area contributed by atoms with Gasteiger partial charge < -0.3 is 30.6 Å². The van der Waals surface area contributed by atoms with E-state index in [1.807, 2.05) is 20.8 Å². The molecule has 5 aliphatic rings. The summed E-state index contributed by atoms with van der Waals surface area (Å²) >= 11 is 0. The van der Waals surface area contributed by atoms with Crippen LogP contribution in [0.15, 0.2) is 0 Å². The summed E-state index contributed by atoms with van der Waals surface area (Å²) in [6.07, 6.45) is 6.07. The van der Waals surface area contributed by atoms with Crippen LogP contribution >= 0.6 is 0 Å². The smallest absolute Gasteiger partial charge is 0.0924 e. The van der Waals surface area contributed by atoms with Gasteiger partial charge in [-0.25, -0.2) is 0 Å². The summed E-state index contributed by atoms with van der Waals surface area (Å²) in [5, 5.41) is 64.9. The van der Waals surface area contributed by atoms with Crippen molar-refractivity contribution < 1.29 is 30.6 Å². The molecule has 6 N–H and O–H groups in total. The third kappa shape index (κ3) is 3.32. The Kier molecular flexibility index (Phi) is 6.60. The van der Waals surface area contributed by atoms with Crippen LogP contribution < -0.4 is 0 Å². The Labute approximate surface area is 223 Å². The van der Waals surface area contributed by atoms with E-state index in [1.165, 1.54) is 0 Å². The molecule has 0 aliphatic heterocycles. The van der Waals surface area contributed by atoms with E-state index in [-0.39, 0.29) is 59.0 Å². The van der Waals surface area contributed by atoms with E-state index < -0.39 is 29.3 Å². The molecular formula is C31H54O6. The predicted molar refractivity (Wildman–Crippen MR) is 142 cm³/mol. The number of hydrogen-bond donors (Lipinski definition) is 6. The fraction of sp³-hybridized carbons (Fsp3) is 1.00. The lowest BCUT2D eigenvalue weighted by Crippen LogP contribution is -2.62. The van der Waals surface area contributed by atoms with Crippen molar-refractivity contribution in [2.24, 2.45) is 56.7 Å². The molecule has 6 heteroatoms. The summed E-state index contributed by atoms with van der Waals surface area (Å²) < 4.78 is 0. The van der Waals surface area contributed by atoms with E-state index >= 15 is 0 Å². The lowest BCUT2D eigenvalue weighted by atomic mass is 9.41. The Balaban J connectivity index is 1.42. The van der Waals surface area contributed by atoms with Crippen LogP contribution in [-0.2, 0) is 0 Å². The molecule has 5 rings (SSSR count). The Morgan fingerprint density at radius 1 is 0.865 bits per heavy atom. The Morgan fingerprint density at radius 2 is 1.51 bits per heavy atom. The minimum absolute atomic E-state index is 0.0234. The van der Waals surface area contributed by atoms with Crippen LogP contribution in [0.1, 0.15) is 99.3 Å². The number of fused-ring (bicyclic) bond motifs is 2. The zero-order chi connectivity index (χ0) is 27.4. The van der Waals surface area contributed by atoms with E-state index in [9.17, 15) is 30.6 Å². The van der Waals surface area contributed by atoms with Crippen LogP contribution in [0.2, 0.25) is 0 Å². The average molecular weight is 523 g/mol. The van der Waals surface area contributed by atoms with Crippen LogP contribution in [0.3, 0.4) is 0 Å². The number of hydrogen-bond acceptors (Lipinski definition) is 6. The third-order valence-electron chi connectivity index (χ3n) is 14.5. The van der Waals surface area contributed by atoms with Gasteiger partial charge in [0, 0.05) is 23.7 Å². The summed E-state index contributed by atoms with van der Waals surface area (Å²) in [7, 11) is 0. The van der Waals surface area contributed by atoms with Gasteiger partial charge in [-0.1, -0.05) is 41.5 Å². The number of aliphatic hydroxyl groups excluding tert-OH is 5. The molecule has 6 nitrogen and oxygen atoms in total. The van der Waals surface area contributed by atoms with Crippen molar-refractivity contribution in [1.82, 2.24) is 0 Å². The van der Waals surface area contributed by atoms with Crippen LogP contribution in [0.4, 0.5) is 0 Å². The van der Waals surface area contributed by atoms with E-state index in [1.54, 1.807) is 0 Å². The van der Waals surface area contributed by atoms with Gasteiger partial charge in [0.2, 0.25) is 0 Å². The molecule has 0 aromatic heterocycles. The Morgan fingerprint density at radius 3 is 2.11 bits per heavy atom. The van der Waals surface area contributed by atoms with Gasteiger partial charge in [-0.05, 0) is 90.8 Å². The number of aliphatic hydroxyl groups is 6. The second-order valence-corrected chi connectivity index (χ2v) is 15.5. The van der Waals surface area contributed by atoms with Gasteiger partial charge >= 0.3 is 0 Å². The lowest BCUT2D eigenvalue weighted by Gasteiger charge is -2.64. The predicted octanol–water partition coefficient (Wildman–Crippen LogP) is 3.50. The highest BCUT2D eigenvalue weighted by Crippen LogP contribution is 2.89. The van der Waals surface area contributed by atoms with Crippen molar-refractivity contribution in [3.63, 3.8) is 0 Å². The topological polar surface area (TPSA) is 121 Å². The van der Waals surface area contributed by atoms with Crippen molar-refractivity contribution in [1.29, 1.82) is 0 Å². The van der Waals surface area contributed by atoms with Crippen molar-refractivity contribution in [2.45, 2.75) is 123 Å². The van der Waals surface area contributed by atoms with E-state index in [4.69, 9.17) is 0 Å². The van der Waals surface area contributed by atoms with Crippen molar-refractivity contribution >= 4 is 0 Å². The fourth-order valence-electron chi connectivity index (χ4n) is 11.6. The van der Waals surface area contributed by atoms with Crippen LogP contribution in [0.25, 0.3) is 0 Å². The SMILES string of the molecule is CC(C)[C@](O)(CO)C[C@@H](O)[C@@H](C)[C@H]1CC[C@@]2(C)[C@@H]3CC[C@H]4[C@](C)(CO)[C@@H](O)C[C@H](O)[C@@]45C[C@@]35CC[C@]12C. The van der Waals surface area contributed by atoms with Crippen LogP contribution in [0.5, 0.6) is 0 Å². The van der Waals surface area contributed by atoms with Gasteiger partial charge in [0.1, 0.15) is 0 Å². The molecule has 5 saturated carbocycles. The summed E-state index contributed by atoms with van der Waals surface area (Å²) in [6, 6.07) is 0. The highest BCUT2D eigenvalue weighted by molar-refractivity contribution is 5.33. The minimum Gasteiger partial charge on any atom is -0.396 e. The fourth-order valence-corrected chi connectivity index (χ4v) is 11.6. The standard InChI is InChI=1S/C31H54O6/c1-18(2)30(37,17-33)14-21(34)19(3)20-9-10-28(6)23-8-7-22-26(4,16-32)24(35)13-25(36)31(22)15-29(23,31)12-11-27(20,28)5/h18-25,32-37H,7-17H2,1-6H3/t19-,20+,21+,22-,23-,24-,25-,26-,27+,28-,29-,30+,31+/m0/s1. The van der Waals surface area contributed by atoms with Gasteiger partial charge in [-0.15, -0.1) is 0 Å². The summed E-state index contributed by atoms with van der Waals surface area (Å²) in [5.74, 6) is 0.883. The molecule has 0 bridgehead atoms. The molecule has 0 aromatic rings. The van der Waals surface area contributed by atoms with E-state index in [2.05, 4.69) is 20.8 Å². The van der Waals surface area contributed by atoms with Crippen LogP contribution in [0, 0.1) is 56.7 Å². The molecule has 5 aliphatic carbocycles. The van der Waals surface area contributed by atoms with Crippen LogP contribution in [-0.4, -0.2) is 67.8 Å². The molecule has 37 heavy (non-hydrogen) atoms. The molecular weight excluding hydrogens is 468 g/mol. The largest absolute Gasteiger partial charge is 0.396 e. The molecule has 214 valence electrons. The molecule has 13 atom stereocenters. The monoisotopic (exact) mass is 522 g/mol. The quantitative estimate of drug-likeness (QED) is 0.304. The van der Waals surface area contributed by atoms with Gasteiger partial charge in [0.15, 0.2) is 0 Å². The van der Waals surface area contributed by atoms with Crippen molar-refractivity contribution in [2.75, 3.05) is 13.2 Å². The summed E-state index contributed by atoms with van der Waals surface area (Å²) in [4.78, 5) is 0. The normalized spacial score (nSPS) is 53.9. The lowest BCUT2D eigenvalue weighted by molar-refractivity contribution is -0.208. The zero-order valence-corrected chi connectivity index (χ0v) is 24.1. The maximum atomic E-state index is 11.5. The maximum Gasteiger partial charge on any atom is 0.0924 e. The zero-order valence-electron chi connectivity index (χ0n) is 24.1. The molecule has 0 aromatic carbocycles. The Bertz CT molecular complexity index is 895. The van der Waals surface area contributed by atoms with Crippen molar-refractivity contribution in [3.8, 4) is 0 Å². The van der Waals surface area contributed by atoms with Gasteiger partial charge in [0.25, 0.3) is 0 Å². The highest BCUT2D eigenvalue weighted by atomic mass is 16.3. The molecule has 0 heterocycles. The molecule has 0 saturated heterocycles. The molecule has 0 radical (unpaired) electrons. The third-order valence-corrected chi connectivity index (χ3v) is 14.5. The first-order valence-corrected chi connectivity index (χ1v) is 15.1. The average Bonchev–Trinajstić information content (AvgIpc) is 3.47. The van der Waals surface area contributed by atoms with Gasteiger partial charge in [-0.2, -0.15) is 0 Å². The minimum atomic E-state index is -1.27. The summed E-state index contributed by atoms with van der Waals surface area (Å²) in [5.41, 5.74) is -1.75. The first-order chi connectivity index (χ1) is 17.1. The Hall–Kier alpha value is -0.240.